The Kier molecular flexibility index (Phi) is 5.42. The van der Waals surface area contributed by atoms with Gasteiger partial charge in [0, 0.05) is 0 Å². The van der Waals surface area contributed by atoms with Crippen molar-refractivity contribution < 1.29 is 28.5 Å². The fraction of sp³-hybridized carbons (Fsp3) is 0.714. The van der Waals surface area contributed by atoms with Crippen LogP contribution in [0.15, 0.2) is 0 Å². The standard InChI is InChI=1S/C7H13O6P/c1-3-13-7(9)5-14(10,11)4-6(8)12-2/h3-5H2,1-2H3,(H,10,11). The van der Waals surface area contributed by atoms with E-state index in [0.29, 0.717) is 0 Å². The molecular formula is C7H13O6P. The van der Waals surface area contributed by atoms with Crippen LogP contribution in [0.25, 0.3) is 0 Å². The van der Waals surface area contributed by atoms with Gasteiger partial charge in [0.25, 0.3) is 0 Å². The van der Waals surface area contributed by atoms with E-state index in [1.54, 1.807) is 6.92 Å². The van der Waals surface area contributed by atoms with Crippen LogP contribution >= 0.6 is 7.37 Å². The van der Waals surface area contributed by atoms with Crippen molar-refractivity contribution in [3.63, 3.8) is 0 Å². The van der Waals surface area contributed by atoms with Crippen molar-refractivity contribution in [2.75, 3.05) is 26.0 Å². The van der Waals surface area contributed by atoms with Gasteiger partial charge in [0.2, 0.25) is 7.37 Å². The van der Waals surface area contributed by atoms with Crippen LogP contribution in [-0.4, -0.2) is 42.9 Å². The molecule has 0 aromatic carbocycles. The molecule has 0 aromatic heterocycles. The maximum absolute atomic E-state index is 11.2. The van der Waals surface area contributed by atoms with E-state index >= 15 is 0 Å². The molecule has 0 fully saturated rings. The Morgan fingerprint density at radius 3 is 2.21 bits per heavy atom. The summed E-state index contributed by atoms with van der Waals surface area (Å²) in [6.45, 7) is 1.72. The van der Waals surface area contributed by atoms with Gasteiger partial charge in [-0.1, -0.05) is 0 Å². The Hall–Kier alpha value is -0.870. The van der Waals surface area contributed by atoms with Gasteiger partial charge < -0.3 is 14.4 Å². The van der Waals surface area contributed by atoms with E-state index in [9.17, 15) is 14.2 Å². The van der Waals surface area contributed by atoms with E-state index in [0.717, 1.165) is 7.11 Å². The van der Waals surface area contributed by atoms with Crippen molar-refractivity contribution in [2.45, 2.75) is 6.92 Å². The van der Waals surface area contributed by atoms with Crippen LogP contribution in [0.2, 0.25) is 0 Å². The summed E-state index contributed by atoms with van der Waals surface area (Å²) < 4.78 is 19.9. The van der Waals surface area contributed by atoms with Gasteiger partial charge in [-0.15, -0.1) is 0 Å². The van der Waals surface area contributed by atoms with E-state index in [1.165, 1.54) is 0 Å². The first-order valence-electron chi connectivity index (χ1n) is 3.94. The molecule has 0 rings (SSSR count). The van der Waals surface area contributed by atoms with Crippen LogP contribution in [0.3, 0.4) is 0 Å². The van der Waals surface area contributed by atoms with E-state index in [4.69, 9.17) is 4.89 Å². The van der Waals surface area contributed by atoms with Crippen molar-refractivity contribution in [1.29, 1.82) is 0 Å². The van der Waals surface area contributed by atoms with Crippen LogP contribution in [-0.2, 0) is 23.6 Å². The first-order chi connectivity index (χ1) is 6.41. The second kappa shape index (κ2) is 5.78. The van der Waals surface area contributed by atoms with E-state index < -0.39 is 31.6 Å². The lowest BCUT2D eigenvalue weighted by Gasteiger charge is -2.08. The summed E-state index contributed by atoms with van der Waals surface area (Å²) in [5, 5.41) is 0. The summed E-state index contributed by atoms with van der Waals surface area (Å²) in [6, 6.07) is 0. The lowest BCUT2D eigenvalue weighted by molar-refractivity contribution is -0.140. The Balaban J connectivity index is 4.13. The maximum Gasteiger partial charge on any atom is 0.315 e. The quantitative estimate of drug-likeness (QED) is 0.522. The summed E-state index contributed by atoms with van der Waals surface area (Å²) in [7, 11) is -2.70. The number of hydrogen-bond donors (Lipinski definition) is 1. The molecule has 14 heavy (non-hydrogen) atoms. The first-order valence-corrected chi connectivity index (χ1v) is 5.97. The highest BCUT2D eigenvalue weighted by molar-refractivity contribution is 7.59. The fourth-order valence-electron chi connectivity index (χ4n) is 0.731. The minimum Gasteiger partial charge on any atom is -0.469 e. The van der Waals surface area contributed by atoms with Crippen LogP contribution in [0, 0.1) is 0 Å². The molecule has 6 nitrogen and oxygen atoms in total. The molecule has 82 valence electrons. The predicted octanol–water partition coefficient (Wildman–Crippen LogP) is -0.00710. The summed E-state index contributed by atoms with van der Waals surface area (Å²) in [6.07, 6.45) is -1.32. The number of ether oxygens (including phenoxy) is 2. The molecule has 1 N–H and O–H groups in total. The summed E-state index contributed by atoms with van der Waals surface area (Å²) >= 11 is 0. The number of carbonyl (C=O) groups excluding carboxylic acids is 2. The highest BCUT2D eigenvalue weighted by atomic mass is 31.2. The van der Waals surface area contributed by atoms with Crippen LogP contribution in [0.5, 0.6) is 0 Å². The van der Waals surface area contributed by atoms with E-state index in [-0.39, 0.29) is 6.61 Å². The normalized spacial score (nSPS) is 14.2. The lowest BCUT2D eigenvalue weighted by atomic mass is 10.8. The average molecular weight is 224 g/mol. The van der Waals surface area contributed by atoms with E-state index in [2.05, 4.69) is 9.47 Å². The zero-order chi connectivity index (χ0) is 11.2. The Bertz CT molecular complexity index is 261. The Morgan fingerprint density at radius 1 is 1.29 bits per heavy atom. The van der Waals surface area contributed by atoms with Gasteiger partial charge in [0.05, 0.1) is 13.7 Å². The molecule has 0 bridgehead atoms. The van der Waals surface area contributed by atoms with Crippen molar-refractivity contribution in [1.82, 2.24) is 0 Å². The number of methoxy groups -OCH3 is 1. The second-order valence-corrected chi connectivity index (χ2v) is 4.87. The topological polar surface area (TPSA) is 89.9 Å². The number of hydrogen-bond acceptors (Lipinski definition) is 5. The van der Waals surface area contributed by atoms with Gasteiger partial charge in [-0.05, 0) is 6.92 Å². The smallest absolute Gasteiger partial charge is 0.315 e. The molecule has 7 heteroatoms. The zero-order valence-electron chi connectivity index (χ0n) is 8.06. The van der Waals surface area contributed by atoms with Crippen molar-refractivity contribution in [2.24, 2.45) is 0 Å². The molecule has 0 amide bonds. The molecule has 0 aliphatic rings. The summed E-state index contributed by atoms with van der Waals surface area (Å²) in [5.41, 5.74) is 0. The van der Waals surface area contributed by atoms with Crippen LogP contribution < -0.4 is 0 Å². The van der Waals surface area contributed by atoms with E-state index in [1.807, 2.05) is 0 Å². The van der Waals surface area contributed by atoms with Gasteiger partial charge >= 0.3 is 11.9 Å². The Labute approximate surface area is 81.6 Å². The summed E-state index contributed by atoms with van der Waals surface area (Å²) in [4.78, 5) is 30.6. The minimum absolute atomic E-state index is 0.136. The third-order valence-electron chi connectivity index (χ3n) is 1.29. The first kappa shape index (κ1) is 13.1. The Morgan fingerprint density at radius 2 is 1.79 bits per heavy atom. The van der Waals surface area contributed by atoms with Gasteiger partial charge in [-0.3, -0.25) is 14.2 Å². The van der Waals surface area contributed by atoms with Crippen LogP contribution in [0.1, 0.15) is 6.92 Å². The minimum atomic E-state index is -3.80. The molecule has 0 saturated heterocycles. The lowest BCUT2D eigenvalue weighted by Crippen LogP contribution is -2.15. The third-order valence-corrected chi connectivity index (χ3v) is 2.79. The molecule has 1 unspecified atom stereocenters. The highest BCUT2D eigenvalue weighted by Gasteiger charge is 2.27. The molecule has 0 heterocycles. The van der Waals surface area contributed by atoms with Crippen molar-refractivity contribution in [3.05, 3.63) is 0 Å². The molecule has 1 atom stereocenters. The van der Waals surface area contributed by atoms with Gasteiger partial charge in [-0.25, -0.2) is 0 Å². The SMILES string of the molecule is CCOC(=O)CP(=O)(O)CC(=O)OC. The molecule has 0 saturated carbocycles. The van der Waals surface area contributed by atoms with Crippen molar-refractivity contribution in [3.8, 4) is 0 Å². The van der Waals surface area contributed by atoms with Gasteiger partial charge in [-0.2, -0.15) is 0 Å². The fourth-order valence-corrected chi connectivity index (χ4v) is 1.87. The number of esters is 2. The number of rotatable bonds is 5. The molecule has 0 spiro atoms. The molecule has 0 aliphatic carbocycles. The highest BCUT2D eigenvalue weighted by Crippen LogP contribution is 2.39. The van der Waals surface area contributed by atoms with Crippen molar-refractivity contribution >= 4 is 19.3 Å². The number of carbonyl (C=O) groups is 2. The monoisotopic (exact) mass is 224 g/mol. The predicted molar refractivity (Wildman–Crippen MR) is 48.2 cm³/mol. The second-order valence-electron chi connectivity index (χ2n) is 2.54. The largest absolute Gasteiger partial charge is 0.469 e. The average Bonchev–Trinajstić information content (AvgIpc) is 2.02. The van der Waals surface area contributed by atoms with Gasteiger partial charge in [0.15, 0.2) is 0 Å². The van der Waals surface area contributed by atoms with Gasteiger partial charge in [0.1, 0.15) is 12.3 Å². The molecule has 0 radical (unpaired) electrons. The summed E-state index contributed by atoms with van der Waals surface area (Å²) in [5.74, 6) is -1.61. The molecular weight excluding hydrogens is 211 g/mol. The molecule has 0 aliphatic heterocycles. The third kappa shape index (κ3) is 5.72. The maximum atomic E-state index is 11.2. The molecule has 0 aromatic rings. The van der Waals surface area contributed by atoms with Crippen LogP contribution in [0.4, 0.5) is 0 Å². The zero-order valence-corrected chi connectivity index (χ0v) is 8.95.